The summed E-state index contributed by atoms with van der Waals surface area (Å²) in [5, 5.41) is 10.1. The van der Waals surface area contributed by atoms with Crippen LogP contribution in [0.15, 0.2) is 48.7 Å². The molecule has 0 aliphatic rings. The van der Waals surface area contributed by atoms with E-state index in [9.17, 15) is 0 Å². The van der Waals surface area contributed by atoms with Crippen LogP contribution in [0, 0.1) is 11.3 Å². The van der Waals surface area contributed by atoms with Crippen molar-refractivity contribution >= 4 is 21.4 Å². The second kappa shape index (κ2) is 4.00. The van der Waals surface area contributed by atoms with Crippen LogP contribution in [0.25, 0.3) is 20.7 Å². The van der Waals surface area contributed by atoms with E-state index in [0.29, 0.717) is 0 Å². The lowest BCUT2D eigenvalue weighted by Crippen LogP contribution is -1.76. The Labute approximate surface area is 103 Å². The smallest absolute Gasteiger partial charge is 0.0998 e. The van der Waals surface area contributed by atoms with Gasteiger partial charge in [-0.05, 0) is 30.3 Å². The monoisotopic (exact) mass is 236 g/mol. The molecule has 0 saturated carbocycles. The molecule has 0 N–H and O–H groups in total. The number of nitriles is 1. The Morgan fingerprint density at radius 2 is 2.06 bits per heavy atom. The van der Waals surface area contributed by atoms with Crippen molar-refractivity contribution in [3.05, 3.63) is 54.2 Å². The Hall–Kier alpha value is -2.18. The van der Waals surface area contributed by atoms with Crippen LogP contribution in [0.1, 0.15) is 5.56 Å². The summed E-state index contributed by atoms with van der Waals surface area (Å²) in [5.74, 6) is 0. The van der Waals surface area contributed by atoms with Crippen molar-refractivity contribution in [2.45, 2.75) is 0 Å². The van der Waals surface area contributed by atoms with Crippen LogP contribution < -0.4 is 0 Å². The van der Waals surface area contributed by atoms with Gasteiger partial charge in [-0.2, -0.15) is 5.26 Å². The summed E-state index contributed by atoms with van der Waals surface area (Å²) in [6.45, 7) is 0. The van der Waals surface area contributed by atoms with Gasteiger partial charge in [-0.1, -0.05) is 12.1 Å². The first-order valence-corrected chi connectivity index (χ1v) is 6.04. The van der Waals surface area contributed by atoms with E-state index < -0.39 is 0 Å². The second-order valence-electron chi connectivity index (χ2n) is 3.65. The van der Waals surface area contributed by atoms with Crippen molar-refractivity contribution in [3.8, 4) is 16.6 Å². The van der Waals surface area contributed by atoms with Gasteiger partial charge in [-0.15, -0.1) is 11.3 Å². The number of thiophene rings is 1. The Balaban J connectivity index is 2.25. The molecule has 2 heterocycles. The molecule has 3 rings (SSSR count). The van der Waals surface area contributed by atoms with E-state index in [0.717, 1.165) is 26.2 Å². The maximum atomic E-state index is 9.05. The molecule has 0 spiro atoms. The molecule has 0 unspecified atom stereocenters. The average molecular weight is 236 g/mol. The molecule has 0 bridgehead atoms. The molecule has 17 heavy (non-hydrogen) atoms. The number of aromatic nitrogens is 1. The first-order chi connectivity index (χ1) is 8.38. The lowest BCUT2D eigenvalue weighted by molar-refractivity contribution is 1.34. The lowest BCUT2D eigenvalue weighted by atomic mass is 10.1. The molecule has 0 atom stereocenters. The minimum Gasteiger partial charge on any atom is -0.255 e. The molecular weight excluding hydrogens is 228 g/mol. The summed E-state index contributed by atoms with van der Waals surface area (Å²) in [5.41, 5.74) is 1.68. The zero-order valence-electron chi connectivity index (χ0n) is 8.92. The third kappa shape index (κ3) is 1.69. The van der Waals surface area contributed by atoms with E-state index in [2.05, 4.69) is 11.1 Å². The number of nitrogens with zero attached hydrogens (tertiary/aromatic N) is 2. The van der Waals surface area contributed by atoms with Gasteiger partial charge in [0.15, 0.2) is 0 Å². The molecule has 0 aliphatic carbocycles. The van der Waals surface area contributed by atoms with Crippen molar-refractivity contribution in [2.75, 3.05) is 0 Å². The predicted octanol–water partition coefficient (Wildman–Crippen LogP) is 3.83. The summed E-state index contributed by atoms with van der Waals surface area (Å²) >= 11 is 1.67. The zero-order chi connectivity index (χ0) is 11.7. The highest BCUT2D eigenvalue weighted by molar-refractivity contribution is 7.22. The molecule has 3 aromatic rings. The Morgan fingerprint density at radius 1 is 1.12 bits per heavy atom. The first kappa shape index (κ1) is 10.0. The molecule has 3 heteroatoms. The minimum atomic E-state index is 0.723. The van der Waals surface area contributed by atoms with Gasteiger partial charge in [0.05, 0.1) is 22.2 Å². The maximum absolute atomic E-state index is 9.05. The van der Waals surface area contributed by atoms with E-state index >= 15 is 0 Å². The fourth-order valence-electron chi connectivity index (χ4n) is 1.79. The molecule has 2 nitrogen and oxygen atoms in total. The van der Waals surface area contributed by atoms with Crippen LogP contribution >= 0.6 is 11.3 Å². The van der Waals surface area contributed by atoms with Gasteiger partial charge in [0.2, 0.25) is 0 Å². The molecular formula is C14H8N2S. The van der Waals surface area contributed by atoms with Crippen LogP contribution in [-0.2, 0) is 0 Å². The fourth-order valence-corrected chi connectivity index (χ4v) is 2.86. The molecule has 80 valence electrons. The highest BCUT2D eigenvalue weighted by Crippen LogP contribution is 2.33. The summed E-state index contributed by atoms with van der Waals surface area (Å²) in [7, 11) is 0. The number of hydrogen-bond acceptors (Lipinski definition) is 3. The van der Waals surface area contributed by atoms with Gasteiger partial charge in [0.1, 0.15) is 0 Å². The number of fused-ring (bicyclic) bond motifs is 1. The Bertz CT molecular complexity index is 708. The predicted molar refractivity (Wildman–Crippen MR) is 69.8 cm³/mol. The molecule has 0 aliphatic heterocycles. The normalized spacial score (nSPS) is 10.3. The van der Waals surface area contributed by atoms with Crippen molar-refractivity contribution in [1.82, 2.24) is 4.98 Å². The molecule has 1 aromatic carbocycles. The summed E-state index contributed by atoms with van der Waals surface area (Å²) in [6.07, 6.45) is 1.78. The van der Waals surface area contributed by atoms with Crippen molar-refractivity contribution < 1.29 is 0 Å². The van der Waals surface area contributed by atoms with Crippen LogP contribution in [-0.4, -0.2) is 4.98 Å². The molecule has 0 amide bonds. The van der Waals surface area contributed by atoms with Gasteiger partial charge in [-0.25, -0.2) is 0 Å². The molecule has 0 saturated heterocycles. The van der Waals surface area contributed by atoms with Crippen LogP contribution in [0.4, 0.5) is 0 Å². The molecule has 0 fully saturated rings. The first-order valence-electron chi connectivity index (χ1n) is 5.22. The molecule has 0 radical (unpaired) electrons. The van der Waals surface area contributed by atoms with E-state index in [1.54, 1.807) is 17.5 Å². The average Bonchev–Trinajstić information content (AvgIpc) is 2.83. The van der Waals surface area contributed by atoms with E-state index in [-0.39, 0.29) is 0 Å². The number of pyridine rings is 1. The van der Waals surface area contributed by atoms with Crippen molar-refractivity contribution in [2.24, 2.45) is 0 Å². The van der Waals surface area contributed by atoms with Gasteiger partial charge in [-0.3, -0.25) is 4.98 Å². The third-order valence-electron chi connectivity index (χ3n) is 2.60. The van der Waals surface area contributed by atoms with Gasteiger partial charge >= 0.3 is 0 Å². The number of rotatable bonds is 1. The Morgan fingerprint density at radius 3 is 2.82 bits per heavy atom. The topological polar surface area (TPSA) is 36.7 Å². The van der Waals surface area contributed by atoms with Crippen LogP contribution in [0.3, 0.4) is 0 Å². The van der Waals surface area contributed by atoms with E-state index in [1.165, 1.54) is 0 Å². The fraction of sp³-hybridized carbons (Fsp3) is 0. The standard InChI is InChI=1S/C14H8N2S/c15-9-10-4-3-6-13-11(10)8-14(17-13)12-5-1-2-7-16-12/h1-8H. The van der Waals surface area contributed by atoms with Gasteiger partial charge < -0.3 is 0 Å². The van der Waals surface area contributed by atoms with Crippen molar-refractivity contribution in [3.63, 3.8) is 0 Å². The number of hydrogen-bond donors (Lipinski definition) is 0. The van der Waals surface area contributed by atoms with Crippen molar-refractivity contribution in [1.29, 1.82) is 5.26 Å². The Kier molecular flexibility index (Phi) is 2.36. The highest BCUT2D eigenvalue weighted by Gasteiger charge is 2.07. The number of benzene rings is 1. The summed E-state index contributed by atoms with van der Waals surface area (Å²) < 4.78 is 1.13. The van der Waals surface area contributed by atoms with Crippen LogP contribution in [0.5, 0.6) is 0 Å². The van der Waals surface area contributed by atoms with Gasteiger partial charge in [0, 0.05) is 16.3 Å². The molecule has 2 aromatic heterocycles. The van der Waals surface area contributed by atoms with Gasteiger partial charge in [0.25, 0.3) is 0 Å². The lowest BCUT2D eigenvalue weighted by Gasteiger charge is -1.92. The zero-order valence-corrected chi connectivity index (χ0v) is 9.74. The third-order valence-corrected chi connectivity index (χ3v) is 3.72. The second-order valence-corrected chi connectivity index (χ2v) is 4.74. The highest BCUT2D eigenvalue weighted by atomic mass is 32.1. The van der Waals surface area contributed by atoms with E-state index in [4.69, 9.17) is 5.26 Å². The largest absolute Gasteiger partial charge is 0.255 e. The van der Waals surface area contributed by atoms with E-state index in [1.807, 2.05) is 42.5 Å². The summed E-state index contributed by atoms with van der Waals surface area (Å²) in [4.78, 5) is 5.43. The quantitative estimate of drug-likeness (QED) is 0.643. The maximum Gasteiger partial charge on any atom is 0.0998 e. The SMILES string of the molecule is N#Cc1cccc2sc(-c3ccccn3)cc12. The summed E-state index contributed by atoms with van der Waals surface area (Å²) in [6, 6.07) is 15.9. The van der Waals surface area contributed by atoms with Crippen LogP contribution in [0.2, 0.25) is 0 Å². The minimum absolute atomic E-state index is 0.723.